The van der Waals surface area contributed by atoms with E-state index in [0.717, 1.165) is 24.3 Å². The predicted molar refractivity (Wildman–Crippen MR) is 107 cm³/mol. The summed E-state index contributed by atoms with van der Waals surface area (Å²) in [6.45, 7) is -0.0493. The minimum atomic E-state index is -4.70. The first kappa shape index (κ1) is 21.3. The second-order valence-corrected chi connectivity index (χ2v) is 6.95. The molecule has 0 saturated heterocycles. The average Bonchev–Trinajstić information content (AvgIpc) is 2.72. The molecular formula is C22H14F5N3O2. The Bertz CT molecular complexity index is 1380. The van der Waals surface area contributed by atoms with Gasteiger partial charge in [0.1, 0.15) is 28.7 Å². The van der Waals surface area contributed by atoms with E-state index in [1.807, 2.05) is 0 Å². The molecule has 2 N–H and O–H groups in total. The Morgan fingerprint density at radius 1 is 1.00 bits per heavy atom. The molecule has 164 valence electrons. The van der Waals surface area contributed by atoms with Crippen molar-refractivity contribution >= 4 is 16.6 Å². The van der Waals surface area contributed by atoms with Gasteiger partial charge < -0.3 is 15.0 Å². The van der Waals surface area contributed by atoms with Crippen LogP contribution in [-0.2, 0) is 12.7 Å². The van der Waals surface area contributed by atoms with Crippen molar-refractivity contribution in [1.29, 1.82) is 0 Å². The molecule has 0 atom stereocenters. The van der Waals surface area contributed by atoms with Gasteiger partial charge in [0.2, 0.25) is 0 Å². The Morgan fingerprint density at radius 3 is 2.50 bits per heavy atom. The van der Waals surface area contributed by atoms with Gasteiger partial charge in [-0.3, -0.25) is 4.79 Å². The molecule has 0 aliphatic rings. The number of nitrogens with zero attached hydrogens (tertiary/aromatic N) is 2. The number of nitrogen functional groups attached to an aromatic ring is 1. The van der Waals surface area contributed by atoms with Gasteiger partial charge in [0.05, 0.1) is 23.8 Å². The third-order valence-electron chi connectivity index (χ3n) is 4.71. The molecular weight excluding hydrogens is 433 g/mol. The number of aromatic nitrogens is 2. The molecule has 0 unspecified atom stereocenters. The van der Waals surface area contributed by atoms with Gasteiger partial charge in [-0.05, 0) is 42.5 Å². The molecule has 0 amide bonds. The van der Waals surface area contributed by atoms with Gasteiger partial charge in [0.25, 0.3) is 5.56 Å². The maximum absolute atomic E-state index is 14.0. The van der Waals surface area contributed by atoms with Crippen LogP contribution in [0.2, 0.25) is 0 Å². The van der Waals surface area contributed by atoms with Crippen LogP contribution in [0.25, 0.3) is 10.9 Å². The van der Waals surface area contributed by atoms with Crippen molar-refractivity contribution in [3.63, 3.8) is 0 Å². The smallest absolute Gasteiger partial charge is 0.420 e. The summed E-state index contributed by atoms with van der Waals surface area (Å²) in [5, 5.41) is 0.0523. The average molecular weight is 447 g/mol. The highest BCUT2D eigenvalue weighted by atomic mass is 19.4. The van der Waals surface area contributed by atoms with E-state index in [1.165, 1.54) is 41.2 Å². The van der Waals surface area contributed by atoms with E-state index in [4.69, 9.17) is 10.5 Å². The normalized spacial score (nSPS) is 11.7. The van der Waals surface area contributed by atoms with Crippen molar-refractivity contribution in [2.75, 3.05) is 5.73 Å². The van der Waals surface area contributed by atoms with Crippen LogP contribution in [0.1, 0.15) is 11.1 Å². The fourth-order valence-corrected chi connectivity index (χ4v) is 3.20. The van der Waals surface area contributed by atoms with Crippen LogP contribution in [0.15, 0.2) is 65.7 Å². The number of anilines is 1. The van der Waals surface area contributed by atoms with Crippen LogP contribution >= 0.6 is 0 Å². The molecule has 32 heavy (non-hydrogen) atoms. The molecule has 4 aromatic rings. The molecule has 1 aromatic heterocycles. The second-order valence-electron chi connectivity index (χ2n) is 6.95. The quantitative estimate of drug-likeness (QED) is 0.349. The highest BCUT2D eigenvalue weighted by molar-refractivity contribution is 5.79. The standard InChI is InChI=1S/C22H14F5N3O2/c23-13-2-1-12(18(24)7-13)10-30-11-29-21(31)16-9-15(4-5-19(16)30)32-20-6-3-14(28)8-17(20)22(25,26)27/h1-9,11H,10,28H2. The van der Waals surface area contributed by atoms with Gasteiger partial charge in [-0.2, -0.15) is 18.2 Å². The number of benzene rings is 3. The van der Waals surface area contributed by atoms with Crippen LogP contribution in [0.3, 0.4) is 0 Å². The number of ether oxygens (including phenoxy) is 1. The molecule has 0 spiro atoms. The number of nitrogens with two attached hydrogens (primary N) is 1. The SMILES string of the molecule is Nc1ccc(Oc2ccc3c(c2)c(=O)ncn3Cc2ccc(F)cc2F)c(C(F)(F)F)c1. The fourth-order valence-electron chi connectivity index (χ4n) is 3.20. The zero-order valence-corrected chi connectivity index (χ0v) is 16.2. The second kappa shape index (κ2) is 7.95. The summed E-state index contributed by atoms with van der Waals surface area (Å²) >= 11 is 0. The first-order chi connectivity index (χ1) is 15.1. The van der Waals surface area contributed by atoms with Crippen LogP contribution < -0.4 is 16.0 Å². The van der Waals surface area contributed by atoms with Crippen molar-refractivity contribution in [1.82, 2.24) is 9.55 Å². The summed E-state index contributed by atoms with van der Waals surface area (Å²) in [5.74, 6) is -2.00. The van der Waals surface area contributed by atoms with Gasteiger partial charge in [-0.25, -0.2) is 8.78 Å². The first-order valence-corrected chi connectivity index (χ1v) is 9.19. The number of hydrogen-bond acceptors (Lipinski definition) is 4. The van der Waals surface area contributed by atoms with Crippen LogP contribution in [-0.4, -0.2) is 9.55 Å². The largest absolute Gasteiger partial charge is 0.457 e. The number of rotatable bonds is 4. The lowest BCUT2D eigenvalue weighted by atomic mass is 10.1. The Morgan fingerprint density at radius 2 is 1.78 bits per heavy atom. The highest BCUT2D eigenvalue weighted by Crippen LogP contribution is 2.39. The maximum Gasteiger partial charge on any atom is 0.420 e. The van der Waals surface area contributed by atoms with E-state index in [2.05, 4.69) is 4.98 Å². The first-order valence-electron chi connectivity index (χ1n) is 9.19. The molecule has 10 heteroatoms. The highest BCUT2D eigenvalue weighted by Gasteiger charge is 2.34. The number of alkyl halides is 3. The third kappa shape index (κ3) is 4.25. The topological polar surface area (TPSA) is 70.1 Å². The maximum atomic E-state index is 14.0. The van der Waals surface area contributed by atoms with Gasteiger partial charge in [0.15, 0.2) is 0 Å². The summed E-state index contributed by atoms with van der Waals surface area (Å²) in [6.07, 6.45) is -3.50. The van der Waals surface area contributed by atoms with Crippen molar-refractivity contribution in [3.05, 3.63) is 94.0 Å². The van der Waals surface area contributed by atoms with Crippen LogP contribution in [0.5, 0.6) is 11.5 Å². The zero-order chi connectivity index (χ0) is 23.0. The van der Waals surface area contributed by atoms with Crippen molar-refractivity contribution in [3.8, 4) is 11.5 Å². The van der Waals surface area contributed by atoms with E-state index in [-0.39, 0.29) is 28.9 Å². The molecule has 0 saturated carbocycles. The van der Waals surface area contributed by atoms with E-state index in [9.17, 15) is 26.7 Å². The Balaban J connectivity index is 1.73. The zero-order valence-electron chi connectivity index (χ0n) is 16.2. The van der Waals surface area contributed by atoms with E-state index < -0.39 is 34.7 Å². The lowest BCUT2D eigenvalue weighted by Gasteiger charge is -2.15. The molecule has 0 aliphatic carbocycles. The fraction of sp³-hybridized carbons (Fsp3) is 0.0909. The van der Waals surface area contributed by atoms with E-state index in [1.54, 1.807) is 0 Å². The number of fused-ring (bicyclic) bond motifs is 1. The summed E-state index contributed by atoms with van der Waals surface area (Å²) in [6, 6.07) is 10.3. The van der Waals surface area contributed by atoms with E-state index in [0.29, 0.717) is 5.52 Å². The van der Waals surface area contributed by atoms with Gasteiger partial charge >= 0.3 is 6.18 Å². The monoisotopic (exact) mass is 447 g/mol. The summed E-state index contributed by atoms with van der Waals surface area (Å²) in [7, 11) is 0. The van der Waals surface area contributed by atoms with Gasteiger partial charge in [0, 0.05) is 17.3 Å². The molecule has 0 radical (unpaired) electrons. The predicted octanol–water partition coefficient (Wildman–Crippen LogP) is 5.12. The molecule has 0 bridgehead atoms. The molecule has 0 aliphatic heterocycles. The van der Waals surface area contributed by atoms with Crippen molar-refractivity contribution in [2.24, 2.45) is 0 Å². The van der Waals surface area contributed by atoms with Crippen molar-refractivity contribution < 1.29 is 26.7 Å². The lowest BCUT2D eigenvalue weighted by Crippen LogP contribution is -2.14. The number of hydrogen-bond donors (Lipinski definition) is 1. The van der Waals surface area contributed by atoms with Gasteiger partial charge in [-0.1, -0.05) is 6.07 Å². The Labute approximate surface area is 177 Å². The van der Waals surface area contributed by atoms with Crippen LogP contribution in [0, 0.1) is 11.6 Å². The third-order valence-corrected chi connectivity index (χ3v) is 4.71. The lowest BCUT2D eigenvalue weighted by molar-refractivity contribution is -0.138. The van der Waals surface area contributed by atoms with E-state index >= 15 is 0 Å². The van der Waals surface area contributed by atoms with Gasteiger partial charge in [-0.15, -0.1) is 0 Å². The minimum Gasteiger partial charge on any atom is -0.457 e. The molecule has 3 aromatic carbocycles. The molecule has 4 rings (SSSR count). The minimum absolute atomic E-state index is 0.0302. The summed E-state index contributed by atoms with van der Waals surface area (Å²) in [5.41, 5.74) is 4.17. The Kier molecular flexibility index (Phi) is 5.29. The van der Waals surface area contributed by atoms with Crippen LogP contribution in [0.4, 0.5) is 27.6 Å². The number of halogens is 5. The summed E-state index contributed by atoms with van der Waals surface area (Å²) < 4.78 is 74.0. The molecule has 1 heterocycles. The molecule has 0 fully saturated rings. The Hall–Kier alpha value is -3.95. The van der Waals surface area contributed by atoms with Crippen molar-refractivity contribution in [2.45, 2.75) is 12.7 Å². The molecule has 5 nitrogen and oxygen atoms in total. The summed E-state index contributed by atoms with van der Waals surface area (Å²) in [4.78, 5) is 16.0.